The molecule has 5 heteroatoms. The van der Waals surface area contributed by atoms with E-state index in [1.165, 1.54) is 0 Å². The topological polar surface area (TPSA) is 83.8 Å². The first-order valence-corrected chi connectivity index (χ1v) is 6.05. The lowest BCUT2D eigenvalue weighted by Gasteiger charge is -2.19. The van der Waals surface area contributed by atoms with E-state index < -0.39 is 24.3 Å². The van der Waals surface area contributed by atoms with Crippen LogP contribution in [0.25, 0.3) is 0 Å². The van der Waals surface area contributed by atoms with Gasteiger partial charge >= 0.3 is 11.9 Å². The molecule has 2 rings (SSSR count). The highest BCUT2D eigenvalue weighted by Gasteiger charge is 2.35. The summed E-state index contributed by atoms with van der Waals surface area (Å²) in [6, 6.07) is 5.26. The number of carbonyl (C=O) groups is 2. The van der Waals surface area contributed by atoms with Gasteiger partial charge in [-0.2, -0.15) is 0 Å². The fourth-order valence-electron chi connectivity index (χ4n) is 2.42. The van der Waals surface area contributed by atoms with Crippen LogP contribution in [0.5, 0.6) is 5.75 Å². The third-order valence-corrected chi connectivity index (χ3v) is 3.17. The van der Waals surface area contributed by atoms with Crippen molar-refractivity contribution in [2.24, 2.45) is 0 Å². The van der Waals surface area contributed by atoms with Crippen LogP contribution in [0.4, 0.5) is 0 Å². The van der Waals surface area contributed by atoms with Gasteiger partial charge in [0.1, 0.15) is 11.4 Å². The molecule has 0 fully saturated rings. The van der Waals surface area contributed by atoms with Crippen molar-refractivity contribution in [2.75, 3.05) is 0 Å². The molecule has 19 heavy (non-hydrogen) atoms. The Morgan fingerprint density at radius 3 is 2.63 bits per heavy atom. The molecule has 1 aromatic rings. The fraction of sp³-hybridized carbons (Fsp3) is 0.429. The van der Waals surface area contributed by atoms with Crippen molar-refractivity contribution in [3.05, 3.63) is 29.3 Å². The van der Waals surface area contributed by atoms with Crippen molar-refractivity contribution in [2.45, 2.75) is 38.2 Å². The third-order valence-electron chi connectivity index (χ3n) is 3.17. The van der Waals surface area contributed by atoms with E-state index in [0.29, 0.717) is 17.7 Å². The fourth-order valence-corrected chi connectivity index (χ4v) is 2.42. The second kappa shape index (κ2) is 4.57. The molecule has 0 aliphatic carbocycles. The van der Waals surface area contributed by atoms with Gasteiger partial charge in [-0.25, -0.2) is 0 Å². The minimum Gasteiger partial charge on any atom is -0.487 e. The molecule has 0 saturated carbocycles. The second-order valence-corrected chi connectivity index (χ2v) is 5.36. The summed E-state index contributed by atoms with van der Waals surface area (Å²) in [5, 5.41) is 18.1. The molecule has 1 heterocycles. The zero-order valence-corrected chi connectivity index (χ0v) is 10.8. The van der Waals surface area contributed by atoms with Crippen molar-refractivity contribution in [1.29, 1.82) is 0 Å². The molecule has 0 radical (unpaired) electrons. The summed E-state index contributed by atoms with van der Waals surface area (Å²) in [7, 11) is 0. The second-order valence-electron chi connectivity index (χ2n) is 5.36. The van der Waals surface area contributed by atoms with Crippen LogP contribution in [0.15, 0.2) is 18.2 Å². The number of benzene rings is 1. The molecule has 1 unspecified atom stereocenters. The number of rotatable bonds is 4. The first kappa shape index (κ1) is 13.4. The zero-order chi connectivity index (χ0) is 14.2. The van der Waals surface area contributed by atoms with Gasteiger partial charge in [-0.05, 0) is 19.4 Å². The zero-order valence-electron chi connectivity index (χ0n) is 10.8. The number of hydrogen-bond donors (Lipinski definition) is 2. The van der Waals surface area contributed by atoms with Gasteiger partial charge in [0.15, 0.2) is 0 Å². The van der Waals surface area contributed by atoms with Gasteiger partial charge in [0.25, 0.3) is 0 Å². The highest BCUT2D eigenvalue weighted by atomic mass is 16.5. The van der Waals surface area contributed by atoms with Gasteiger partial charge in [0, 0.05) is 12.0 Å². The van der Waals surface area contributed by atoms with Crippen molar-refractivity contribution in [1.82, 2.24) is 0 Å². The van der Waals surface area contributed by atoms with E-state index in [0.717, 1.165) is 5.56 Å². The maximum absolute atomic E-state index is 11.3. The van der Waals surface area contributed by atoms with Crippen LogP contribution in [0, 0.1) is 0 Å². The van der Waals surface area contributed by atoms with Gasteiger partial charge in [0.2, 0.25) is 0 Å². The lowest BCUT2D eigenvalue weighted by atomic mass is 9.92. The maximum atomic E-state index is 11.3. The molecule has 0 spiro atoms. The van der Waals surface area contributed by atoms with Gasteiger partial charge in [-0.15, -0.1) is 0 Å². The van der Waals surface area contributed by atoms with Gasteiger partial charge in [-0.3, -0.25) is 9.59 Å². The summed E-state index contributed by atoms with van der Waals surface area (Å²) < 4.78 is 5.78. The Kier molecular flexibility index (Phi) is 3.22. The molecule has 0 amide bonds. The molecule has 1 aromatic carbocycles. The molecule has 2 N–H and O–H groups in total. The molecule has 0 bridgehead atoms. The van der Waals surface area contributed by atoms with Crippen LogP contribution in [0.2, 0.25) is 0 Å². The summed E-state index contributed by atoms with van der Waals surface area (Å²) in [4.78, 5) is 22.1. The normalized spacial score (nSPS) is 17.4. The first-order valence-electron chi connectivity index (χ1n) is 6.05. The van der Waals surface area contributed by atoms with E-state index in [9.17, 15) is 14.7 Å². The van der Waals surface area contributed by atoms with Crippen LogP contribution in [0.3, 0.4) is 0 Å². The molecule has 5 nitrogen and oxygen atoms in total. The van der Waals surface area contributed by atoms with E-state index >= 15 is 0 Å². The Labute approximate surface area is 110 Å². The molecular weight excluding hydrogens is 248 g/mol. The monoisotopic (exact) mass is 264 g/mol. The molecule has 1 aliphatic rings. The van der Waals surface area contributed by atoms with Gasteiger partial charge < -0.3 is 14.9 Å². The Hall–Kier alpha value is -2.04. The SMILES string of the molecule is CC1(C)Cc2cccc(C(CC(=O)O)C(=O)O)c2O1. The van der Waals surface area contributed by atoms with Crippen LogP contribution in [0.1, 0.15) is 37.3 Å². The van der Waals surface area contributed by atoms with E-state index in [-0.39, 0.29) is 5.60 Å². The number of fused-ring (bicyclic) bond motifs is 1. The lowest BCUT2D eigenvalue weighted by Crippen LogP contribution is -2.25. The van der Waals surface area contributed by atoms with Crippen molar-refractivity contribution < 1.29 is 24.5 Å². The molecule has 1 atom stereocenters. The number of carboxylic acids is 2. The predicted octanol–water partition coefficient (Wildman–Crippen LogP) is 2.04. The largest absolute Gasteiger partial charge is 0.487 e. The van der Waals surface area contributed by atoms with Gasteiger partial charge in [-0.1, -0.05) is 18.2 Å². The Balaban J connectivity index is 2.43. The summed E-state index contributed by atoms with van der Waals surface area (Å²) in [5.74, 6) is -2.84. The quantitative estimate of drug-likeness (QED) is 0.869. The lowest BCUT2D eigenvalue weighted by molar-refractivity contribution is -0.145. The number of hydrogen-bond acceptors (Lipinski definition) is 3. The van der Waals surface area contributed by atoms with Crippen LogP contribution in [-0.2, 0) is 16.0 Å². The van der Waals surface area contributed by atoms with Crippen LogP contribution < -0.4 is 4.74 Å². The van der Waals surface area contributed by atoms with Crippen molar-refractivity contribution >= 4 is 11.9 Å². The summed E-state index contributed by atoms with van der Waals surface area (Å²) in [6.07, 6.45) is 0.241. The third kappa shape index (κ3) is 2.70. The van der Waals surface area contributed by atoms with Crippen molar-refractivity contribution in [3.63, 3.8) is 0 Å². The number of carboxylic acid groups (broad SMARTS) is 2. The molecule has 1 aliphatic heterocycles. The number of ether oxygens (including phenoxy) is 1. The molecule has 0 saturated heterocycles. The average Bonchev–Trinajstić information content (AvgIpc) is 2.59. The smallest absolute Gasteiger partial charge is 0.311 e. The van der Waals surface area contributed by atoms with E-state index in [1.54, 1.807) is 12.1 Å². The molecule has 0 aromatic heterocycles. The Bertz CT molecular complexity index is 533. The minimum atomic E-state index is -1.15. The summed E-state index contributed by atoms with van der Waals surface area (Å²) >= 11 is 0. The summed E-state index contributed by atoms with van der Waals surface area (Å²) in [5.41, 5.74) is 0.988. The minimum absolute atomic E-state index is 0.384. The van der Waals surface area contributed by atoms with E-state index in [4.69, 9.17) is 9.84 Å². The van der Waals surface area contributed by atoms with Crippen LogP contribution >= 0.6 is 0 Å². The number of aliphatic carboxylic acids is 2. The predicted molar refractivity (Wildman–Crippen MR) is 67.5 cm³/mol. The summed E-state index contributed by atoms with van der Waals surface area (Å²) in [6.45, 7) is 3.84. The maximum Gasteiger partial charge on any atom is 0.311 e. The van der Waals surface area contributed by atoms with Crippen molar-refractivity contribution in [3.8, 4) is 5.75 Å². The Morgan fingerprint density at radius 2 is 2.05 bits per heavy atom. The van der Waals surface area contributed by atoms with Gasteiger partial charge in [0.05, 0.1) is 12.3 Å². The van der Waals surface area contributed by atoms with E-state index in [2.05, 4.69) is 0 Å². The standard InChI is InChI=1S/C14H16O5/c1-14(2)7-8-4-3-5-9(12(8)19-14)10(13(17)18)6-11(15)16/h3-5,10H,6-7H2,1-2H3,(H,15,16)(H,17,18). The first-order chi connectivity index (χ1) is 8.80. The Morgan fingerprint density at radius 1 is 1.37 bits per heavy atom. The van der Waals surface area contributed by atoms with E-state index in [1.807, 2.05) is 19.9 Å². The molecular formula is C14H16O5. The average molecular weight is 264 g/mol. The number of para-hydroxylation sites is 1. The van der Waals surface area contributed by atoms with Crippen LogP contribution in [-0.4, -0.2) is 27.8 Å². The highest BCUT2D eigenvalue weighted by Crippen LogP contribution is 2.41. The molecule has 102 valence electrons. The highest BCUT2D eigenvalue weighted by molar-refractivity contribution is 5.83.